The molecule has 1 aliphatic heterocycles. The van der Waals surface area contributed by atoms with Gasteiger partial charge in [0.15, 0.2) is 5.11 Å². The monoisotopic (exact) mass is 498 g/mol. The summed E-state index contributed by atoms with van der Waals surface area (Å²) in [5.41, 5.74) is 5.98. The molecular weight excluding hydrogens is 471 g/mol. The van der Waals surface area contributed by atoms with Crippen LogP contribution in [-0.2, 0) is 6.42 Å². The number of allylic oxidation sites excluding steroid dienone is 1. The van der Waals surface area contributed by atoms with Crippen molar-refractivity contribution in [3.05, 3.63) is 113 Å². The number of aromatic nitrogens is 2. The van der Waals surface area contributed by atoms with E-state index in [1.807, 2.05) is 44.2 Å². The van der Waals surface area contributed by atoms with Crippen molar-refractivity contribution >= 4 is 22.9 Å². The lowest BCUT2D eigenvalue weighted by Gasteiger charge is -2.37. The van der Waals surface area contributed by atoms with Crippen LogP contribution >= 0.6 is 12.2 Å². The van der Waals surface area contributed by atoms with Gasteiger partial charge < -0.3 is 14.7 Å². The Bertz CT molecular complexity index is 1380. The second-order valence-corrected chi connectivity index (χ2v) is 9.35. The number of aryl methyl sites for hydroxylation is 2. The molecule has 0 radical (unpaired) electrons. The van der Waals surface area contributed by atoms with Gasteiger partial charge in [-0.1, -0.05) is 77.5 Å². The molecule has 7 heteroatoms. The molecule has 0 saturated carbocycles. The van der Waals surface area contributed by atoms with E-state index in [-0.39, 0.29) is 11.9 Å². The fraction of sp³-hybridized carbons (Fsp3) is 0.207. The van der Waals surface area contributed by atoms with E-state index in [4.69, 9.17) is 21.7 Å². The number of rotatable bonds is 7. The van der Waals surface area contributed by atoms with Crippen molar-refractivity contribution in [2.45, 2.75) is 32.7 Å². The minimum atomic E-state index is -0.338. The van der Waals surface area contributed by atoms with Gasteiger partial charge in [-0.3, -0.25) is 0 Å². The van der Waals surface area contributed by atoms with Crippen LogP contribution < -0.4 is 5.32 Å². The fourth-order valence-corrected chi connectivity index (χ4v) is 4.82. The van der Waals surface area contributed by atoms with Crippen LogP contribution in [0, 0.1) is 12.7 Å². The van der Waals surface area contributed by atoms with Crippen LogP contribution in [-0.4, -0.2) is 26.7 Å². The molecule has 1 N–H and O–H groups in total. The van der Waals surface area contributed by atoms with E-state index in [1.165, 1.54) is 17.7 Å². The molecule has 0 amide bonds. The van der Waals surface area contributed by atoms with Crippen molar-refractivity contribution in [3.63, 3.8) is 0 Å². The zero-order valence-corrected chi connectivity index (χ0v) is 21.1. The van der Waals surface area contributed by atoms with Crippen molar-refractivity contribution in [2.75, 3.05) is 6.54 Å². The van der Waals surface area contributed by atoms with Crippen LogP contribution in [0.25, 0.3) is 17.0 Å². The normalized spacial score (nSPS) is 15.8. The second kappa shape index (κ2) is 10.4. The zero-order valence-electron chi connectivity index (χ0n) is 20.2. The van der Waals surface area contributed by atoms with Crippen molar-refractivity contribution < 1.29 is 8.91 Å². The van der Waals surface area contributed by atoms with E-state index in [0.717, 1.165) is 47.3 Å². The average Bonchev–Trinajstić information content (AvgIpc) is 3.37. The maximum absolute atomic E-state index is 13.7. The summed E-state index contributed by atoms with van der Waals surface area (Å²) in [5.74, 6) is 0.647. The van der Waals surface area contributed by atoms with Gasteiger partial charge >= 0.3 is 0 Å². The van der Waals surface area contributed by atoms with Gasteiger partial charge in [-0.05, 0) is 62.2 Å². The Hall–Kier alpha value is -3.84. The first-order chi connectivity index (χ1) is 17.5. The molecule has 4 aromatic rings. The molecule has 182 valence electrons. The third-order valence-corrected chi connectivity index (χ3v) is 6.79. The summed E-state index contributed by atoms with van der Waals surface area (Å²) in [7, 11) is 0. The van der Waals surface area contributed by atoms with E-state index in [9.17, 15) is 4.39 Å². The van der Waals surface area contributed by atoms with Crippen molar-refractivity contribution in [1.82, 2.24) is 20.4 Å². The summed E-state index contributed by atoms with van der Waals surface area (Å²) in [6.45, 7) is 4.80. The summed E-state index contributed by atoms with van der Waals surface area (Å²) in [6.07, 6.45) is 1.87. The molecule has 1 aliphatic rings. The Morgan fingerprint density at radius 3 is 2.42 bits per heavy atom. The molecule has 0 spiro atoms. The van der Waals surface area contributed by atoms with Gasteiger partial charge in [-0.15, -0.1) is 0 Å². The SMILES string of the molecule is CC1=C(c2nc(-c3ccc(C)cc3)no2)C(c2ccc(F)cc2)NC(=S)N1CCCc1ccccc1. The molecule has 2 heterocycles. The van der Waals surface area contributed by atoms with Crippen molar-refractivity contribution in [2.24, 2.45) is 0 Å². The minimum Gasteiger partial charge on any atom is -0.351 e. The molecule has 0 fully saturated rings. The number of hydrogen-bond donors (Lipinski definition) is 1. The minimum absolute atomic E-state index is 0.290. The number of hydrogen-bond acceptors (Lipinski definition) is 4. The van der Waals surface area contributed by atoms with E-state index in [1.54, 1.807) is 12.1 Å². The molecule has 3 aromatic carbocycles. The quantitative estimate of drug-likeness (QED) is 0.294. The highest BCUT2D eigenvalue weighted by Gasteiger charge is 2.34. The van der Waals surface area contributed by atoms with Gasteiger partial charge in [0, 0.05) is 17.8 Å². The van der Waals surface area contributed by atoms with E-state index >= 15 is 0 Å². The lowest BCUT2D eigenvalue weighted by atomic mass is 9.94. The van der Waals surface area contributed by atoms with Gasteiger partial charge in [0.1, 0.15) is 5.82 Å². The van der Waals surface area contributed by atoms with E-state index < -0.39 is 0 Å². The highest BCUT2D eigenvalue weighted by atomic mass is 32.1. The Labute approximate surface area is 215 Å². The number of nitrogens with zero attached hydrogens (tertiary/aromatic N) is 3. The van der Waals surface area contributed by atoms with Gasteiger partial charge in [-0.2, -0.15) is 4.98 Å². The van der Waals surface area contributed by atoms with Gasteiger partial charge in [0.2, 0.25) is 5.82 Å². The summed E-state index contributed by atoms with van der Waals surface area (Å²) < 4.78 is 19.5. The van der Waals surface area contributed by atoms with Gasteiger partial charge in [0.25, 0.3) is 5.89 Å². The fourth-order valence-electron chi connectivity index (χ4n) is 4.47. The topological polar surface area (TPSA) is 54.2 Å². The largest absolute Gasteiger partial charge is 0.351 e. The predicted octanol–water partition coefficient (Wildman–Crippen LogP) is 6.48. The lowest BCUT2D eigenvalue weighted by Crippen LogP contribution is -2.46. The standard InChI is InChI=1S/C29H27FN4OS/c1-19-10-12-23(13-11-19)27-32-28(35-33-27)25-20(2)34(18-6-9-21-7-4-3-5-8-21)29(36)31-26(25)22-14-16-24(30)17-15-22/h3-5,7-8,10-17,26H,6,9,18H2,1-2H3,(H,31,36). The summed E-state index contributed by atoms with van der Waals surface area (Å²) in [4.78, 5) is 6.83. The molecule has 0 aliphatic carbocycles. The first-order valence-electron chi connectivity index (χ1n) is 12.0. The highest BCUT2D eigenvalue weighted by molar-refractivity contribution is 7.80. The number of nitrogens with one attached hydrogen (secondary N) is 1. The summed E-state index contributed by atoms with van der Waals surface area (Å²) in [6, 6.07) is 24.5. The summed E-state index contributed by atoms with van der Waals surface area (Å²) in [5, 5.41) is 8.31. The molecule has 36 heavy (non-hydrogen) atoms. The van der Waals surface area contributed by atoms with Crippen molar-refractivity contribution in [1.29, 1.82) is 0 Å². The Balaban J connectivity index is 1.49. The first-order valence-corrected chi connectivity index (χ1v) is 12.4. The Morgan fingerprint density at radius 1 is 0.972 bits per heavy atom. The van der Waals surface area contributed by atoms with Gasteiger partial charge in [-0.25, -0.2) is 4.39 Å². The predicted molar refractivity (Wildman–Crippen MR) is 143 cm³/mol. The van der Waals surface area contributed by atoms with Crippen LogP contribution in [0.4, 0.5) is 4.39 Å². The smallest absolute Gasteiger partial charge is 0.258 e. The van der Waals surface area contributed by atoms with Crippen LogP contribution in [0.2, 0.25) is 0 Å². The lowest BCUT2D eigenvalue weighted by molar-refractivity contribution is 0.396. The molecule has 1 aromatic heterocycles. The number of benzene rings is 3. The zero-order chi connectivity index (χ0) is 25.1. The average molecular weight is 499 g/mol. The molecule has 0 bridgehead atoms. The maximum Gasteiger partial charge on any atom is 0.258 e. The third kappa shape index (κ3) is 5.06. The molecule has 1 unspecified atom stereocenters. The first kappa shape index (κ1) is 23.9. The van der Waals surface area contributed by atoms with E-state index in [0.29, 0.717) is 16.8 Å². The Morgan fingerprint density at radius 2 is 1.69 bits per heavy atom. The van der Waals surface area contributed by atoms with Crippen LogP contribution in [0.3, 0.4) is 0 Å². The van der Waals surface area contributed by atoms with Crippen molar-refractivity contribution in [3.8, 4) is 11.4 Å². The number of halogens is 1. The summed E-state index contributed by atoms with van der Waals surface area (Å²) >= 11 is 5.77. The number of thiocarbonyl (C=S) groups is 1. The Kier molecular flexibility index (Phi) is 6.91. The maximum atomic E-state index is 13.7. The molecule has 5 nitrogen and oxygen atoms in total. The molecular formula is C29H27FN4OS. The van der Waals surface area contributed by atoms with Gasteiger partial charge in [0.05, 0.1) is 11.6 Å². The van der Waals surface area contributed by atoms with Crippen LogP contribution in [0.1, 0.15) is 42.0 Å². The molecule has 0 saturated heterocycles. The highest BCUT2D eigenvalue weighted by Crippen LogP contribution is 2.37. The third-order valence-electron chi connectivity index (χ3n) is 6.46. The second-order valence-electron chi connectivity index (χ2n) is 8.96. The van der Waals surface area contributed by atoms with Crippen LogP contribution in [0.15, 0.2) is 89.1 Å². The molecule has 1 atom stereocenters. The molecule has 5 rings (SSSR count). The van der Waals surface area contributed by atoms with Crippen LogP contribution in [0.5, 0.6) is 0 Å². The van der Waals surface area contributed by atoms with E-state index in [2.05, 4.69) is 39.6 Å².